The number of hydrogen-bond acceptors (Lipinski definition) is 2. The van der Waals surface area contributed by atoms with Gasteiger partial charge >= 0.3 is 5.97 Å². The van der Waals surface area contributed by atoms with Gasteiger partial charge in [0.25, 0.3) is 0 Å². The minimum Gasteiger partial charge on any atom is -0.477 e. The van der Waals surface area contributed by atoms with Crippen molar-refractivity contribution in [2.45, 2.75) is 19.3 Å². The predicted molar refractivity (Wildman–Crippen MR) is 44.5 cm³/mol. The largest absolute Gasteiger partial charge is 0.477 e. The molecule has 0 amide bonds. The number of rotatable bonds is 5. The van der Waals surface area contributed by atoms with Crippen molar-refractivity contribution in [2.75, 3.05) is 5.88 Å². The molecule has 0 fully saturated rings. The Kier molecular flexibility index (Phi) is 5.65. The number of halogens is 1. The fraction of sp³-hybridized carbons (Fsp3) is 0.571. The van der Waals surface area contributed by atoms with E-state index in [2.05, 4.69) is 0 Å². The van der Waals surface area contributed by atoms with Gasteiger partial charge in [0.1, 0.15) is 5.70 Å². The number of hydrogen-bond donors (Lipinski definition) is 2. The highest BCUT2D eigenvalue weighted by molar-refractivity contribution is 6.17. The van der Waals surface area contributed by atoms with Crippen molar-refractivity contribution in [1.29, 1.82) is 0 Å². The standard InChI is InChI=1S/C7H12ClNO2/c8-5-3-1-2-4-6(9)7(10)11/h4H,1-3,5,9H2,(H,10,11). The minimum absolute atomic E-state index is 0.0837. The van der Waals surface area contributed by atoms with E-state index in [0.29, 0.717) is 12.3 Å². The van der Waals surface area contributed by atoms with Crippen LogP contribution in [-0.4, -0.2) is 17.0 Å². The third kappa shape index (κ3) is 5.73. The lowest BCUT2D eigenvalue weighted by Crippen LogP contribution is -2.09. The van der Waals surface area contributed by atoms with Crippen molar-refractivity contribution >= 4 is 17.6 Å². The van der Waals surface area contributed by atoms with Crippen LogP contribution in [0.4, 0.5) is 0 Å². The van der Waals surface area contributed by atoms with E-state index in [9.17, 15) is 4.79 Å². The molecule has 0 aromatic heterocycles. The lowest BCUT2D eigenvalue weighted by Gasteiger charge is -1.93. The second kappa shape index (κ2) is 6.04. The Balaban J connectivity index is 3.48. The summed E-state index contributed by atoms with van der Waals surface area (Å²) < 4.78 is 0. The Hall–Kier alpha value is -0.700. The number of alkyl halides is 1. The molecule has 3 nitrogen and oxygen atoms in total. The molecule has 0 atom stereocenters. The zero-order chi connectivity index (χ0) is 8.69. The van der Waals surface area contributed by atoms with Crippen LogP contribution in [0, 0.1) is 0 Å². The topological polar surface area (TPSA) is 63.3 Å². The van der Waals surface area contributed by atoms with Crippen LogP contribution in [0.5, 0.6) is 0 Å². The highest BCUT2D eigenvalue weighted by atomic mass is 35.5. The van der Waals surface area contributed by atoms with Crippen molar-refractivity contribution in [1.82, 2.24) is 0 Å². The summed E-state index contributed by atoms with van der Waals surface area (Å²) in [4.78, 5) is 10.1. The number of nitrogens with two attached hydrogens (primary N) is 1. The van der Waals surface area contributed by atoms with Gasteiger partial charge in [-0.3, -0.25) is 0 Å². The van der Waals surface area contributed by atoms with E-state index >= 15 is 0 Å². The normalized spacial score (nSPS) is 11.5. The summed E-state index contributed by atoms with van der Waals surface area (Å²) in [5, 5.41) is 8.32. The molecule has 11 heavy (non-hydrogen) atoms. The predicted octanol–water partition coefficient (Wildman–Crippen LogP) is 1.32. The molecule has 0 aliphatic rings. The molecule has 0 saturated heterocycles. The molecule has 64 valence electrons. The molecule has 0 heterocycles. The van der Waals surface area contributed by atoms with Crippen LogP contribution >= 0.6 is 11.6 Å². The summed E-state index contributed by atoms with van der Waals surface area (Å²) in [6.45, 7) is 0. The molecule has 3 N–H and O–H groups in total. The summed E-state index contributed by atoms with van der Waals surface area (Å²) in [5.41, 5.74) is 5.04. The highest BCUT2D eigenvalue weighted by Gasteiger charge is 1.97. The zero-order valence-electron chi connectivity index (χ0n) is 6.22. The lowest BCUT2D eigenvalue weighted by atomic mass is 10.2. The average molecular weight is 178 g/mol. The summed E-state index contributed by atoms with van der Waals surface area (Å²) in [7, 11) is 0. The molecule has 0 spiro atoms. The number of allylic oxidation sites excluding steroid dienone is 1. The summed E-state index contributed by atoms with van der Waals surface area (Å²) in [5.74, 6) is -0.447. The van der Waals surface area contributed by atoms with E-state index in [-0.39, 0.29) is 5.70 Å². The zero-order valence-corrected chi connectivity index (χ0v) is 6.97. The highest BCUT2D eigenvalue weighted by Crippen LogP contribution is 1.99. The van der Waals surface area contributed by atoms with Crippen molar-refractivity contribution in [3.63, 3.8) is 0 Å². The fourth-order valence-electron chi connectivity index (χ4n) is 0.584. The minimum atomic E-state index is -1.06. The molecule has 0 radical (unpaired) electrons. The molecule has 0 bridgehead atoms. The molecular formula is C7H12ClNO2. The van der Waals surface area contributed by atoms with Crippen molar-refractivity contribution < 1.29 is 9.90 Å². The van der Waals surface area contributed by atoms with Crippen molar-refractivity contribution in [3.05, 3.63) is 11.8 Å². The lowest BCUT2D eigenvalue weighted by molar-refractivity contribution is -0.132. The summed E-state index contributed by atoms with van der Waals surface area (Å²) in [6, 6.07) is 0. The number of carboxylic acids is 1. The number of unbranched alkanes of at least 4 members (excludes halogenated alkanes) is 2. The third-order valence-electron chi connectivity index (χ3n) is 1.20. The van der Waals surface area contributed by atoms with Gasteiger partial charge in [0.2, 0.25) is 0 Å². The Morgan fingerprint density at radius 1 is 1.55 bits per heavy atom. The van der Waals surface area contributed by atoms with Crippen LogP contribution in [0.25, 0.3) is 0 Å². The summed E-state index contributed by atoms with van der Waals surface area (Å²) in [6.07, 6.45) is 3.97. The van der Waals surface area contributed by atoms with Crippen LogP contribution < -0.4 is 5.73 Å². The number of aliphatic carboxylic acids is 1. The Morgan fingerprint density at radius 2 is 2.18 bits per heavy atom. The maximum Gasteiger partial charge on any atom is 0.351 e. The average Bonchev–Trinajstić information content (AvgIpc) is 1.97. The van der Waals surface area contributed by atoms with Crippen LogP contribution in [-0.2, 0) is 4.79 Å². The first-order chi connectivity index (χ1) is 5.18. The molecule has 0 unspecified atom stereocenters. The van der Waals surface area contributed by atoms with Gasteiger partial charge in [-0.1, -0.05) is 6.08 Å². The van der Waals surface area contributed by atoms with Crippen molar-refractivity contribution in [3.8, 4) is 0 Å². The first-order valence-electron chi connectivity index (χ1n) is 3.43. The van der Waals surface area contributed by atoms with Gasteiger partial charge in [-0.15, -0.1) is 11.6 Å². The van der Waals surface area contributed by atoms with Crippen LogP contribution in [0.15, 0.2) is 11.8 Å². The molecule has 0 aromatic rings. The fourth-order valence-corrected chi connectivity index (χ4v) is 0.773. The molecular weight excluding hydrogens is 166 g/mol. The van der Waals surface area contributed by atoms with E-state index in [1.54, 1.807) is 0 Å². The van der Waals surface area contributed by atoms with E-state index in [1.807, 2.05) is 0 Å². The van der Waals surface area contributed by atoms with Crippen LogP contribution in [0.1, 0.15) is 19.3 Å². The van der Waals surface area contributed by atoms with Gasteiger partial charge < -0.3 is 10.8 Å². The molecule has 0 aliphatic carbocycles. The van der Waals surface area contributed by atoms with Gasteiger partial charge in [0.05, 0.1) is 0 Å². The number of carboxylic acid groups (broad SMARTS) is 1. The van der Waals surface area contributed by atoms with Gasteiger partial charge in [-0.2, -0.15) is 0 Å². The maximum absolute atomic E-state index is 10.1. The smallest absolute Gasteiger partial charge is 0.351 e. The van der Waals surface area contributed by atoms with Gasteiger partial charge in [0.15, 0.2) is 0 Å². The molecule has 0 aliphatic heterocycles. The molecule has 0 rings (SSSR count). The third-order valence-corrected chi connectivity index (χ3v) is 1.47. The van der Waals surface area contributed by atoms with E-state index in [4.69, 9.17) is 22.4 Å². The van der Waals surface area contributed by atoms with E-state index < -0.39 is 5.97 Å². The second-order valence-corrected chi connectivity index (χ2v) is 2.53. The maximum atomic E-state index is 10.1. The van der Waals surface area contributed by atoms with Crippen LogP contribution in [0.3, 0.4) is 0 Å². The Morgan fingerprint density at radius 3 is 2.64 bits per heavy atom. The van der Waals surface area contributed by atoms with E-state index in [0.717, 1.165) is 12.8 Å². The van der Waals surface area contributed by atoms with Gasteiger partial charge in [-0.05, 0) is 19.3 Å². The first kappa shape index (κ1) is 10.3. The van der Waals surface area contributed by atoms with Crippen LogP contribution in [0.2, 0.25) is 0 Å². The number of carbonyl (C=O) groups is 1. The van der Waals surface area contributed by atoms with E-state index in [1.165, 1.54) is 6.08 Å². The van der Waals surface area contributed by atoms with Gasteiger partial charge in [0, 0.05) is 5.88 Å². The Labute approximate surface area is 70.8 Å². The van der Waals surface area contributed by atoms with Gasteiger partial charge in [-0.25, -0.2) is 4.79 Å². The first-order valence-corrected chi connectivity index (χ1v) is 3.97. The van der Waals surface area contributed by atoms with Crippen molar-refractivity contribution in [2.24, 2.45) is 5.73 Å². The Bertz CT molecular complexity index is 157. The molecule has 0 aromatic carbocycles. The monoisotopic (exact) mass is 177 g/mol. The SMILES string of the molecule is NC(=CCCCCCl)C(=O)O. The quantitative estimate of drug-likeness (QED) is 0.378. The molecule has 4 heteroatoms. The second-order valence-electron chi connectivity index (χ2n) is 2.15. The molecule has 0 saturated carbocycles. The summed E-state index contributed by atoms with van der Waals surface area (Å²) >= 11 is 5.41.